The second-order valence-corrected chi connectivity index (χ2v) is 8.76. The second-order valence-electron chi connectivity index (χ2n) is 8.76. The molecule has 1 N–H and O–H groups in total. The summed E-state index contributed by atoms with van der Waals surface area (Å²) in [5.74, 6) is 0.351. The molecule has 0 radical (unpaired) electrons. The quantitative estimate of drug-likeness (QED) is 0.377. The summed E-state index contributed by atoms with van der Waals surface area (Å²) in [6, 6.07) is 18.6. The zero-order valence-corrected chi connectivity index (χ0v) is 19.6. The molecule has 4 heteroatoms. The number of nitrogens with one attached hydrogen (secondary N) is 1. The summed E-state index contributed by atoms with van der Waals surface area (Å²) in [7, 11) is 0. The van der Waals surface area contributed by atoms with Crippen LogP contribution in [0.15, 0.2) is 60.8 Å². The molecular formula is C28H31N3O. The Morgan fingerprint density at radius 1 is 1.03 bits per heavy atom. The van der Waals surface area contributed by atoms with Gasteiger partial charge in [0.05, 0.1) is 17.8 Å². The number of para-hydroxylation sites is 1. The summed E-state index contributed by atoms with van der Waals surface area (Å²) >= 11 is 0. The highest BCUT2D eigenvalue weighted by molar-refractivity contribution is 5.94. The Labute approximate surface area is 190 Å². The van der Waals surface area contributed by atoms with Crippen LogP contribution in [0.25, 0.3) is 16.9 Å². The predicted octanol–water partition coefficient (Wildman–Crippen LogP) is 6.62. The molecule has 0 saturated carbocycles. The number of carbonyl (C=O) groups is 1. The number of hydrogen-bond donors (Lipinski definition) is 1. The molecule has 1 amide bonds. The number of fused-ring (bicyclic) bond motifs is 1. The lowest BCUT2D eigenvalue weighted by molar-refractivity contribution is -0.115. The molecular weight excluding hydrogens is 394 g/mol. The number of pyridine rings is 1. The second kappa shape index (κ2) is 8.99. The minimum Gasteiger partial charge on any atom is -0.325 e. The molecule has 4 rings (SSSR count). The van der Waals surface area contributed by atoms with Crippen molar-refractivity contribution in [1.29, 1.82) is 0 Å². The van der Waals surface area contributed by atoms with Crippen LogP contribution in [0.1, 0.15) is 54.1 Å². The Balaban J connectivity index is 1.72. The number of amides is 1. The Hall–Kier alpha value is -3.40. The molecule has 164 valence electrons. The molecule has 2 heterocycles. The van der Waals surface area contributed by atoms with Crippen molar-refractivity contribution in [3.05, 3.63) is 88.7 Å². The highest BCUT2D eigenvalue weighted by atomic mass is 16.1. The van der Waals surface area contributed by atoms with Crippen LogP contribution in [0.3, 0.4) is 0 Å². The average Bonchev–Trinajstić information content (AvgIpc) is 3.12. The maximum atomic E-state index is 13.2. The summed E-state index contributed by atoms with van der Waals surface area (Å²) in [5.41, 5.74) is 9.34. The van der Waals surface area contributed by atoms with Gasteiger partial charge in [0, 0.05) is 17.4 Å². The monoisotopic (exact) mass is 425 g/mol. The number of rotatable bonds is 6. The van der Waals surface area contributed by atoms with Gasteiger partial charge in [-0.2, -0.15) is 0 Å². The average molecular weight is 426 g/mol. The van der Waals surface area contributed by atoms with Crippen LogP contribution in [-0.4, -0.2) is 15.3 Å². The zero-order valence-electron chi connectivity index (χ0n) is 19.6. The summed E-state index contributed by atoms with van der Waals surface area (Å²) in [4.78, 5) is 18.1. The molecule has 0 bridgehead atoms. The van der Waals surface area contributed by atoms with Crippen molar-refractivity contribution in [2.45, 2.75) is 53.4 Å². The van der Waals surface area contributed by atoms with E-state index in [0.717, 1.165) is 40.3 Å². The van der Waals surface area contributed by atoms with E-state index in [1.165, 1.54) is 16.7 Å². The van der Waals surface area contributed by atoms with Gasteiger partial charge in [0.15, 0.2) is 0 Å². The van der Waals surface area contributed by atoms with Crippen molar-refractivity contribution >= 4 is 17.2 Å². The maximum absolute atomic E-state index is 13.2. The Bertz CT molecular complexity index is 1290. The van der Waals surface area contributed by atoms with Gasteiger partial charge in [0.25, 0.3) is 0 Å². The summed E-state index contributed by atoms with van der Waals surface area (Å²) < 4.78 is 2.04. The molecule has 2 aromatic heterocycles. The maximum Gasteiger partial charge on any atom is 0.230 e. The zero-order chi connectivity index (χ0) is 22.8. The van der Waals surface area contributed by atoms with Gasteiger partial charge in [-0.3, -0.25) is 4.79 Å². The van der Waals surface area contributed by atoms with Crippen molar-refractivity contribution in [3.63, 3.8) is 0 Å². The molecule has 4 aromatic rings. The van der Waals surface area contributed by atoms with Gasteiger partial charge in [-0.15, -0.1) is 0 Å². The fraction of sp³-hybridized carbons (Fsp3) is 0.286. The normalized spacial score (nSPS) is 12.2. The van der Waals surface area contributed by atoms with Crippen LogP contribution in [0.4, 0.5) is 5.69 Å². The molecule has 0 aliphatic heterocycles. The lowest BCUT2D eigenvalue weighted by Crippen LogP contribution is -2.17. The summed E-state index contributed by atoms with van der Waals surface area (Å²) in [6.45, 7) is 10.6. The fourth-order valence-corrected chi connectivity index (χ4v) is 4.09. The van der Waals surface area contributed by atoms with Crippen molar-refractivity contribution < 1.29 is 4.79 Å². The molecule has 4 nitrogen and oxygen atoms in total. The van der Waals surface area contributed by atoms with E-state index < -0.39 is 0 Å². The van der Waals surface area contributed by atoms with E-state index in [-0.39, 0.29) is 12.3 Å². The highest BCUT2D eigenvalue weighted by Crippen LogP contribution is 2.29. The first-order valence-corrected chi connectivity index (χ1v) is 11.3. The standard InChI is InChI=1S/C28H31N3O/c1-6-19(3)23-9-7-8-10-24(23)29-27(32)17-25-28(22-12-11-20(4)21(5)16-22)30-26-15-18(2)13-14-31(25)26/h7-16,19H,6,17H2,1-5H3,(H,29,32). The SMILES string of the molecule is CCC(C)c1ccccc1NC(=O)Cc1c(-c2ccc(C)c(C)c2)nc2cc(C)ccn12. The summed E-state index contributed by atoms with van der Waals surface area (Å²) in [5, 5.41) is 3.16. The van der Waals surface area contributed by atoms with Crippen LogP contribution < -0.4 is 5.32 Å². The minimum atomic E-state index is -0.0341. The number of aryl methyl sites for hydroxylation is 3. The first-order valence-electron chi connectivity index (χ1n) is 11.3. The fourth-order valence-electron chi connectivity index (χ4n) is 4.09. The van der Waals surface area contributed by atoms with Crippen LogP contribution in [0.5, 0.6) is 0 Å². The van der Waals surface area contributed by atoms with Gasteiger partial charge < -0.3 is 9.72 Å². The number of nitrogens with zero attached hydrogens (tertiary/aromatic N) is 2. The third kappa shape index (κ3) is 4.31. The lowest BCUT2D eigenvalue weighted by Gasteiger charge is -2.16. The number of anilines is 1. The largest absolute Gasteiger partial charge is 0.325 e. The van der Waals surface area contributed by atoms with Crippen molar-refractivity contribution in [3.8, 4) is 11.3 Å². The van der Waals surface area contributed by atoms with Gasteiger partial charge in [-0.05, 0) is 79.6 Å². The van der Waals surface area contributed by atoms with Crippen LogP contribution >= 0.6 is 0 Å². The van der Waals surface area contributed by atoms with E-state index in [1.807, 2.05) is 28.8 Å². The van der Waals surface area contributed by atoms with E-state index in [0.29, 0.717) is 5.92 Å². The topological polar surface area (TPSA) is 46.4 Å². The molecule has 0 spiro atoms. The predicted molar refractivity (Wildman–Crippen MR) is 132 cm³/mol. The molecule has 1 atom stereocenters. The van der Waals surface area contributed by atoms with Crippen LogP contribution in [0.2, 0.25) is 0 Å². The van der Waals surface area contributed by atoms with Crippen molar-refractivity contribution in [2.24, 2.45) is 0 Å². The highest BCUT2D eigenvalue weighted by Gasteiger charge is 2.19. The first kappa shape index (κ1) is 21.8. The molecule has 32 heavy (non-hydrogen) atoms. The Morgan fingerprint density at radius 2 is 1.81 bits per heavy atom. The number of hydrogen-bond acceptors (Lipinski definition) is 2. The van der Waals surface area contributed by atoms with Gasteiger partial charge in [0.1, 0.15) is 5.65 Å². The Kier molecular flexibility index (Phi) is 6.13. The van der Waals surface area contributed by atoms with Gasteiger partial charge >= 0.3 is 0 Å². The molecule has 2 aromatic carbocycles. The summed E-state index contributed by atoms with van der Waals surface area (Å²) in [6.07, 6.45) is 3.29. The third-order valence-electron chi connectivity index (χ3n) is 6.37. The number of imidazole rings is 1. The third-order valence-corrected chi connectivity index (χ3v) is 6.37. The number of aromatic nitrogens is 2. The lowest BCUT2D eigenvalue weighted by atomic mass is 9.97. The van der Waals surface area contributed by atoms with E-state index in [9.17, 15) is 4.79 Å². The molecule has 0 saturated heterocycles. The first-order chi connectivity index (χ1) is 15.4. The smallest absolute Gasteiger partial charge is 0.230 e. The van der Waals surface area contributed by atoms with Gasteiger partial charge in [-0.1, -0.05) is 44.2 Å². The van der Waals surface area contributed by atoms with Crippen LogP contribution in [0, 0.1) is 20.8 Å². The molecule has 0 fully saturated rings. The molecule has 0 aliphatic rings. The minimum absolute atomic E-state index is 0.0341. The Morgan fingerprint density at radius 3 is 2.56 bits per heavy atom. The molecule has 0 aliphatic carbocycles. The van der Waals surface area contributed by atoms with E-state index in [1.54, 1.807) is 0 Å². The van der Waals surface area contributed by atoms with Crippen molar-refractivity contribution in [1.82, 2.24) is 9.38 Å². The van der Waals surface area contributed by atoms with Gasteiger partial charge in [-0.25, -0.2) is 4.98 Å². The van der Waals surface area contributed by atoms with E-state index >= 15 is 0 Å². The van der Waals surface area contributed by atoms with E-state index in [4.69, 9.17) is 4.98 Å². The number of benzene rings is 2. The van der Waals surface area contributed by atoms with E-state index in [2.05, 4.69) is 76.3 Å². The van der Waals surface area contributed by atoms with Crippen molar-refractivity contribution in [2.75, 3.05) is 5.32 Å². The number of carbonyl (C=O) groups excluding carboxylic acids is 1. The van der Waals surface area contributed by atoms with Gasteiger partial charge in [0.2, 0.25) is 5.91 Å². The van der Waals surface area contributed by atoms with Crippen LogP contribution in [-0.2, 0) is 11.2 Å². The molecule has 1 unspecified atom stereocenters.